The number of benzene rings is 2. The normalized spacial score (nSPS) is 11.9. The van der Waals surface area contributed by atoms with Crippen LogP contribution >= 0.6 is 23.4 Å². The second-order valence-corrected chi connectivity index (χ2v) is 9.01. The molecule has 1 unspecified atom stereocenters. The zero-order chi connectivity index (χ0) is 23.1. The van der Waals surface area contributed by atoms with E-state index < -0.39 is 0 Å². The van der Waals surface area contributed by atoms with E-state index in [1.165, 1.54) is 11.8 Å². The predicted octanol–water partition coefficient (Wildman–Crippen LogP) is 5.47. The van der Waals surface area contributed by atoms with Gasteiger partial charge in [-0.15, -0.1) is 10.2 Å². The number of nitrogens with zero attached hydrogens (tertiary/aromatic N) is 3. The van der Waals surface area contributed by atoms with Gasteiger partial charge in [-0.1, -0.05) is 43.3 Å². The highest BCUT2D eigenvalue weighted by molar-refractivity contribution is 7.99. The van der Waals surface area contributed by atoms with E-state index in [4.69, 9.17) is 21.1 Å². The summed E-state index contributed by atoms with van der Waals surface area (Å²) in [6.45, 7) is 6.90. The standard InChI is InChI=1S/C23H27ClN4O3S/c1-15(2)13-28-22(16(3)31-20-10-8-19(30-4)9-11-20)26-27-23(28)32-14-21(29)25-18-7-5-6-17(24)12-18/h5-12,15-16H,13-14H2,1-4H3,(H,25,29). The third kappa shape index (κ3) is 6.64. The number of carbonyl (C=O) groups excluding carboxylic acids is 1. The molecule has 2 aromatic carbocycles. The lowest BCUT2D eigenvalue weighted by atomic mass is 10.2. The number of thioether (sulfide) groups is 1. The van der Waals surface area contributed by atoms with Crippen molar-refractivity contribution in [1.82, 2.24) is 14.8 Å². The maximum atomic E-state index is 12.4. The number of methoxy groups -OCH3 is 1. The van der Waals surface area contributed by atoms with Crippen LogP contribution in [0.4, 0.5) is 5.69 Å². The fourth-order valence-electron chi connectivity index (χ4n) is 3.05. The number of aromatic nitrogens is 3. The first-order valence-corrected chi connectivity index (χ1v) is 11.6. The largest absolute Gasteiger partial charge is 0.497 e. The Morgan fingerprint density at radius 1 is 1.12 bits per heavy atom. The van der Waals surface area contributed by atoms with Crippen LogP contribution in [0.1, 0.15) is 32.7 Å². The van der Waals surface area contributed by atoms with E-state index in [9.17, 15) is 4.79 Å². The Morgan fingerprint density at radius 2 is 1.84 bits per heavy atom. The predicted molar refractivity (Wildman–Crippen MR) is 128 cm³/mol. The fraction of sp³-hybridized carbons (Fsp3) is 0.348. The summed E-state index contributed by atoms with van der Waals surface area (Å²) in [4.78, 5) is 12.4. The highest BCUT2D eigenvalue weighted by atomic mass is 35.5. The second-order valence-electron chi connectivity index (χ2n) is 7.63. The van der Waals surface area contributed by atoms with Crippen LogP contribution in [-0.4, -0.2) is 33.5 Å². The van der Waals surface area contributed by atoms with Crippen molar-refractivity contribution in [3.05, 3.63) is 59.4 Å². The zero-order valence-electron chi connectivity index (χ0n) is 18.5. The maximum absolute atomic E-state index is 12.4. The number of carbonyl (C=O) groups is 1. The van der Waals surface area contributed by atoms with Gasteiger partial charge in [-0.25, -0.2) is 0 Å². The summed E-state index contributed by atoms with van der Waals surface area (Å²) in [5.74, 6) is 2.64. The van der Waals surface area contributed by atoms with Crippen molar-refractivity contribution in [2.45, 2.75) is 38.6 Å². The minimum absolute atomic E-state index is 0.138. The van der Waals surface area contributed by atoms with Crippen molar-refractivity contribution >= 4 is 35.0 Å². The summed E-state index contributed by atoms with van der Waals surface area (Å²) in [5, 5.41) is 12.8. The Labute approximate surface area is 197 Å². The van der Waals surface area contributed by atoms with E-state index in [0.717, 1.165) is 12.3 Å². The van der Waals surface area contributed by atoms with Gasteiger partial charge < -0.3 is 19.4 Å². The van der Waals surface area contributed by atoms with Gasteiger partial charge in [0.2, 0.25) is 5.91 Å². The number of halogens is 1. The lowest BCUT2D eigenvalue weighted by Crippen LogP contribution is -2.17. The number of ether oxygens (including phenoxy) is 2. The van der Waals surface area contributed by atoms with Gasteiger partial charge in [0.05, 0.1) is 12.9 Å². The average Bonchev–Trinajstić information content (AvgIpc) is 3.14. The molecule has 0 saturated carbocycles. The van der Waals surface area contributed by atoms with Crippen LogP contribution in [0.5, 0.6) is 11.5 Å². The molecule has 3 aromatic rings. The topological polar surface area (TPSA) is 78.3 Å². The Kier molecular flexibility index (Phi) is 8.41. The van der Waals surface area contributed by atoms with E-state index in [1.54, 1.807) is 31.4 Å². The van der Waals surface area contributed by atoms with Crippen molar-refractivity contribution in [2.75, 3.05) is 18.2 Å². The van der Waals surface area contributed by atoms with Crippen molar-refractivity contribution in [3.63, 3.8) is 0 Å². The van der Waals surface area contributed by atoms with E-state index in [2.05, 4.69) is 29.4 Å². The first kappa shape index (κ1) is 23.9. The summed E-state index contributed by atoms with van der Waals surface area (Å²) >= 11 is 7.32. The number of anilines is 1. The molecule has 9 heteroatoms. The molecule has 0 aliphatic carbocycles. The molecule has 0 aliphatic heterocycles. The Morgan fingerprint density at radius 3 is 2.50 bits per heavy atom. The van der Waals surface area contributed by atoms with Gasteiger partial charge in [-0.05, 0) is 55.3 Å². The molecule has 1 aromatic heterocycles. The molecule has 32 heavy (non-hydrogen) atoms. The second kappa shape index (κ2) is 11.2. The van der Waals surface area contributed by atoms with Crippen molar-refractivity contribution in [3.8, 4) is 11.5 Å². The molecule has 1 heterocycles. The van der Waals surface area contributed by atoms with Crippen LogP contribution in [0.2, 0.25) is 5.02 Å². The van der Waals surface area contributed by atoms with Gasteiger partial charge in [0.25, 0.3) is 0 Å². The number of amides is 1. The molecule has 0 saturated heterocycles. The van der Waals surface area contributed by atoms with Gasteiger partial charge in [0, 0.05) is 17.3 Å². The summed E-state index contributed by atoms with van der Waals surface area (Å²) < 4.78 is 13.3. The third-order valence-electron chi connectivity index (χ3n) is 4.47. The van der Waals surface area contributed by atoms with Gasteiger partial charge in [0.1, 0.15) is 11.5 Å². The van der Waals surface area contributed by atoms with Crippen LogP contribution in [0.15, 0.2) is 53.7 Å². The molecule has 0 fully saturated rings. The fourth-order valence-corrected chi connectivity index (χ4v) is 3.99. The van der Waals surface area contributed by atoms with Gasteiger partial charge in [-0.2, -0.15) is 0 Å². The van der Waals surface area contributed by atoms with E-state index in [-0.39, 0.29) is 17.8 Å². The van der Waals surface area contributed by atoms with Crippen molar-refractivity contribution < 1.29 is 14.3 Å². The molecule has 0 radical (unpaired) electrons. The summed E-state index contributed by atoms with van der Waals surface area (Å²) in [7, 11) is 1.63. The molecular formula is C23H27ClN4O3S. The Hall–Kier alpha value is -2.71. The summed E-state index contributed by atoms with van der Waals surface area (Å²) in [5.41, 5.74) is 0.661. The summed E-state index contributed by atoms with van der Waals surface area (Å²) in [6, 6.07) is 14.5. The molecule has 0 bridgehead atoms. The van der Waals surface area contributed by atoms with Crippen LogP contribution in [0.3, 0.4) is 0 Å². The zero-order valence-corrected chi connectivity index (χ0v) is 20.1. The minimum Gasteiger partial charge on any atom is -0.497 e. The molecule has 1 atom stereocenters. The average molecular weight is 475 g/mol. The van der Waals surface area contributed by atoms with Crippen LogP contribution in [0.25, 0.3) is 0 Å². The monoisotopic (exact) mass is 474 g/mol. The van der Waals surface area contributed by atoms with Crippen LogP contribution in [-0.2, 0) is 11.3 Å². The maximum Gasteiger partial charge on any atom is 0.234 e. The molecule has 7 nitrogen and oxygen atoms in total. The number of rotatable bonds is 10. The molecule has 0 aliphatic rings. The summed E-state index contributed by atoms with van der Waals surface area (Å²) in [6.07, 6.45) is -0.315. The first-order chi connectivity index (χ1) is 15.4. The smallest absolute Gasteiger partial charge is 0.234 e. The van der Waals surface area contributed by atoms with E-state index in [1.807, 2.05) is 35.8 Å². The molecule has 0 spiro atoms. The number of nitrogens with one attached hydrogen (secondary N) is 1. The van der Waals surface area contributed by atoms with Crippen molar-refractivity contribution in [2.24, 2.45) is 5.92 Å². The van der Waals surface area contributed by atoms with E-state index >= 15 is 0 Å². The highest BCUT2D eigenvalue weighted by Gasteiger charge is 2.21. The van der Waals surface area contributed by atoms with E-state index in [0.29, 0.717) is 33.4 Å². The quantitative estimate of drug-likeness (QED) is 0.393. The lowest BCUT2D eigenvalue weighted by molar-refractivity contribution is -0.113. The highest BCUT2D eigenvalue weighted by Crippen LogP contribution is 2.27. The number of hydrogen-bond donors (Lipinski definition) is 1. The minimum atomic E-state index is -0.315. The molecule has 1 amide bonds. The first-order valence-electron chi connectivity index (χ1n) is 10.3. The third-order valence-corrected chi connectivity index (χ3v) is 5.67. The van der Waals surface area contributed by atoms with Gasteiger partial charge in [-0.3, -0.25) is 4.79 Å². The van der Waals surface area contributed by atoms with Crippen LogP contribution in [0, 0.1) is 5.92 Å². The lowest BCUT2D eigenvalue weighted by Gasteiger charge is -2.18. The SMILES string of the molecule is COc1ccc(OC(C)c2nnc(SCC(=O)Nc3cccc(Cl)c3)n2CC(C)C)cc1. The molecule has 1 N–H and O–H groups in total. The van der Waals surface area contributed by atoms with Gasteiger partial charge in [0.15, 0.2) is 17.1 Å². The molecule has 3 rings (SSSR count). The van der Waals surface area contributed by atoms with Crippen molar-refractivity contribution in [1.29, 1.82) is 0 Å². The molecule has 170 valence electrons. The van der Waals surface area contributed by atoms with Gasteiger partial charge >= 0.3 is 0 Å². The Bertz CT molecular complexity index is 1040. The van der Waals surface area contributed by atoms with Crippen LogP contribution < -0.4 is 14.8 Å². The molecular weight excluding hydrogens is 448 g/mol. The Balaban J connectivity index is 1.68. The number of hydrogen-bond acceptors (Lipinski definition) is 6.